The van der Waals surface area contributed by atoms with Gasteiger partial charge in [-0.05, 0) is 32.6 Å². The number of benzene rings is 1. The molecule has 0 atom stereocenters. The van der Waals surface area contributed by atoms with E-state index in [0.29, 0.717) is 24.5 Å². The van der Waals surface area contributed by atoms with Gasteiger partial charge < -0.3 is 14.2 Å². The van der Waals surface area contributed by atoms with Gasteiger partial charge in [-0.2, -0.15) is 5.26 Å². The lowest BCUT2D eigenvalue weighted by Gasteiger charge is -2.15. The van der Waals surface area contributed by atoms with E-state index in [2.05, 4.69) is 20.5 Å². The van der Waals surface area contributed by atoms with E-state index in [9.17, 15) is 0 Å². The average Bonchev–Trinajstić information content (AvgIpc) is 2.97. The van der Waals surface area contributed by atoms with Crippen LogP contribution in [0.15, 0.2) is 30.6 Å². The highest BCUT2D eigenvalue weighted by molar-refractivity contribution is 6.30. The lowest BCUT2D eigenvalue weighted by molar-refractivity contribution is 0.259. The second kappa shape index (κ2) is 9.31. The van der Waals surface area contributed by atoms with Gasteiger partial charge in [0.1, 0.15) is 18.2 Å². The van der Waals surface area contributed by atoms with Crippen LogP contribution in [0.25, 0.3) is 0 Å². The molecule has 0 aliphatic rings. The molecular weight excluding hydrogens is 324 g/mol. The highest BCUT2D eigenvalue weighted by Gasteiger charge is 2.10. The number of imidazole rings is 1. The first-order chi connectivity index (χ1) is 11.6. The van der Waals surface area contributed by atoms with Gasteiger partial charge in [-0.1, -0.05) is 17.7 Å². The first-order valence-electron chi connectivity index (χ1n) is 8.03. The number of unbranched alkanes of at least 4 members (excludes halogenated alkanes) is 1. The van der Waals surface area contributed by atoms with E-state index in [4.69, 9.17) is 21.6 Å². The molecule has 0 saturated heterocycles. The zero-order chi connectivity index (χ0) is 17.4. The minimum atomic E-state index is 0.553. The quantitative estimate of drug-likeness (QED) is 0.653. The Bertz CT molecular complexity index is 691. The van der Waals surface area contributed by atoms with Crippen molar-refractivity contribution in [3.05, 3.63) is 47.0 Å². The van der Waals surface area contributed by atoms with Gasteiger partial charge in [0.2, 0.25) is 0 Å². The van der Waals surface area contributed by atoms with Crippen molar-refractivity contribution in [1.29, 1.82) is 5.26 Å². The van der Waals surface area contributed by atoms with E-state index in [1.54, 1.807) is 6.20 Å². The third-order valence-corrected chi connectivity index (χ3v) is 3.90. The zero-order valence-electron chi connectivity index (χ0n) is 14.2. The summed E-state index contributed by atoms with van der Waals surface area (Å²) in [7, 11) is 4.03. The second-order valence-electron chi connectivity index (χ2n) is 5.88. The molecule has 5 nitrogen and oxygen atoms in total. The minimum Gasteiger partial charge on any atom is -0.492 e. The van der Waals surface area contributed by atoms with Crippen LogP contribution in [0.4, 0.5) is 0 Å². The number of nitrogens with zero attached hydrogens (tertiary/aromatic N) is 4. The third kappa shape index (κ3) is 5.55. The van der Waals surface area contributed by atoms with Crippen molar-refractivity contribution >= 4 is 11.6 Å². The number of hydrogen-bond donors (Lipinski definition) is 0. The minimum absolute atomic E-state index is 0.553. The molecule has 0 saturated carbocycles. The first-order valence-corrected chi connectivity index (χ1v) is 8.41. The maximum absolute atomic E-state index is 8.68. The number of hydrogen-bond acceptors (Lipinski definition) is 4. The molecule has 24 heavy (non-hydrogen) atoms. The van der Waals surface area contributed by atoms with Crippen molar-refractivity contribution in [2.75, 3.05) is 27.2 Å². The summed E-state index contributed by atoms with van der Waals surface area (Å²) in [6.07, 6.45) is 5.80. The number of halogens is 1. The highest BCUT2D eigenvalue weighted by Crippen LogP contribution is 2.25. The molecule has 1 aromatic carbocycles. The first kappa shape index (κ1) is 18.3. The Balaban J connectivity index is 2.09. The number of aromatic nitrogens is 2. The summed E-state index contributed by atoms with van der Waals surface area (Å²) >= 11 is 6.11. The van der Waals surface area contributed by atoms with Crippen LogP contribution in [0.5, 0.6) is 5.75 Å². The Hall–Kier alpha value is -2.03. The van der Waals surface area contributed by atoms with Gasteiger partial charge in [0.15, 0.2) is 0 Å². The normalized spacial score (nSPS) is 10.8. The summed E-state index contributed by atoms with van der Waals surface area (Å²) in [4.78, 5) is 6.52. The van der Waals surface area contributed by atoms with Crippen molar-refractivity contribution < 1.29 is 4.74 Å². The molecule has 1 heterocycles. The Morgan fingerprint density at radius 1 is 1.38 bits per heavy atom. The lowest BCUT2D eigenvalue weighted by atomic mass is 10.1. The number of ether oxygens (including phenoxy) is 1. The van der Waals surface area contributed by atoms with Crippen LogP contribution < -0.4 is 4.74 Å². The fraction of sp³-hybridized carbons (Fsp3) is 0.444. The predicted molar refractivity (Wildman–Crippen MR) is 95.4 cm³/mol. The molecule has 0 unspecified atom stereocenters. The molecule has 6 heteroatoms. The van der Waals surface area contributed by atoms with Gasteiger partial charge in [-0.15, -0.1) is 0 Å². The summed E-state index contributed by atoms with van der Waals surface area (Å²) in [5.74, 6) is 1.77. The molecule has 2 rings (SSSR count). The topological polar surface area (TPSA) is 54.1 Å². The summed E-state index contributed by atoms with van der Waals surface area (Å²) in [5.41, 5.74) is 1.06. The van der Waals surface area contributed by atoms with Crippen LogP contribution in [0.3, 0.4) is 0 Å². The Morgan fingerprint density at radius 3 is 2.96 bits per heavy atom. The van der Waals surface area contributed by atoms with Crippen LogP contribution in [0.2, 0.25) is 5.02 Å². The van der Waals surface area contributed by atoms with E-state index in [1.807, 2.05) is 38.5 Å². The van der Waals surface area contributed by atoms with Gasteiger partial charge in [0.25, 0.3) is 0 Å². The number of aryl methyl sites for hydroxylation is 1. The molecule has 0 radical (unpaired) electrons. The maximum atomic E-state index is 8.68. The van der Waals surface area contributed by atoms with E-state index < -0.39 is 0 Å². The van der Waals surface area contributed by atoms with Gasteiger partial charge >= 0.3 is 0 Å². The molecule has 1 aromatic heterocycles. The van der Waals surface area contributed by atoms with Crippen LogP contribution in [0.1, 0.15) is 24.2 Å². The summed E-state index contributed by atoms with van der Waals surface area (Å²) in [5, 5.41) is 9.34. The molecule has 0 bridgehead atoms. The van der Waals surface area contributed by atoms with Gasteiger partial charge in [0, 0.05) is 48.9 Å². The molecular formula is C18H23ClN4O. The number of nitriles is 1. The third-order valence-electron chi connectivity index (χ3n) is 3.66. The van der Waals surface area contributed by atoms with Crippen molar-refractivity contribution in [2.24, 2.45) is 0 Å². The Kier molecular flexibility index (Phi) is 7.10. The second-order valence-corrected chi connectivity index (χ2v) is 6.32. The molecule has 0 aliphatic heterocycles. The lowest BCUT2D eigenvalue weighted by Crippen LogP contribution is -2.19. The zero-order valence-corrected chi connectivity index (χ0v) is 15.0. The smallest absolute Gasteiger partial charge is 0.124 e. The van der Waals surface area contributed by atoms with E-state index in [1.165, 1.54) is 0 Å². The molecule has 0 aliphatic carbocycles. The number of likely N-dealkylation sites (N-methyl/N-ethyl adjacent to an activating group) is 1. The highest BCUT2D eigenvalue weighted by atomic mass is 35.5. The van der Waals surface area contributed by atoms with Crippen molar-refractivity contribution in [1.82, 2.24) is 14.5 Å². The van der Waals surface area contributed by atoms with Gasteiger partial charge in [-0.3, -0.25) is 0 Å². The Morgan fingerprint density at radius 2 is 2.21 bits per heavy atom. The molecule has 0 N–H and O–H groups in total. The van der Waals surface area contributed by atoms with Crippen molar-refractivity contribution in [3.8, 4) is 11.8 Å². The van der Waals surface area contributed by atoms with Crippen LogP contribution in [-0.2, 0) is 13.0 Å². The average molecular weight is 347 g/mol. The Labute approximate surface area is 148 Å². The van der Waals surface area contributed by atoms with Crippen molar-refractivity contribution in [3.63, 3.8) is 0 Å². The summed E-state index contributed by atoms with van der Waals surface area (Å²) in [6.45, 7) is 2.25. The fourth-order valence-electron chi connectivity index (χ4n) is 2.36. The molecule has 0 spiro atoms. The molecule has 0 amide bonds. The van der Waals surface area contributed by atoms with E-state index >= 15 is 0 Å². The SMILES string of the molecule is CN(C)CCOc1cc(Cl)ccc1Cc1nccn1CCCC#N. The molecule has 2 aromatic rings. The maximum Gasteiger partial charge on any atom is 0.124 e. The van der Waals surface area contributed by atoms with E-state index in [-0.39, 0.29) is 0 Å². The number of rotatable bonds is 9. The summed E-state index contributed by atoms with van der Waals surface area (Å²) < 4.78 is 8.00. The van der Waals surface area contributed by atoms with Gasteiger partial charge in [-0.25, -0.2) is 4.98 Å². The van der Waals surface area contributed by atoms with Crippen LogP contribution in [-0.4, -0.2) is 41.7 Å². The van der Waals surface area contributed by atoms with Crippen LogP contribution in [0, 0.1) is 11.3 Å². The predicted octanol–water partition coefficient (Wildman–Crippen LogP) is 3.37. The van der Waals surface area contributed by atoms with E-state index in [0.717, 1.165) is 36.6 Å². The fourth-order valence-corrected chi connectivity index (χ4v) is 2.52. The summed E-state index contributed by atoms with van der Waals surface area (Å²) in [6, 6.07) is 7.89. The van der Waals surface area contributed by atoms with Gasteiger partial charge in [0.05, 0.1) is 6.07 Å². The van der Waals surface area contributed by atoms with Crippen LogP contribution >= 0.6 is 11.6 Å². The monoisotopic (exact) mass is 346 g/mol. The molecule has 128 valence electrons. The largest absolute Gasteiger partial charge is 0.492 e. The standard InChI is InChI=1S/C18H23ClN4O/c1-22(2)11-12-24-17-14-16(19)6-5-15(17)13-18-21-8-10-23(18)9-4-3-7-20/h5-6,8,10,14H,3-4,9,11-13H2,1-2H3. The molecule has 0 fully saturated rings. The van der Waals surface area contributed by atoms with Crippen molar-refractivity contribution in [2.45, 2.75) is 25.8 Å².